The maximum absolute atomic E-state index is 11.2. The summed E-state index contributed by atoms with van der Waals surface area (Å²) in [5, 5.41) is 20.5. The van der Waals surface area contributed by atoms with Crippen LogP contribution in [0.4, 0.5) is 0 Å². The number of carbonyl (C=O) groups excluding carboxylic acids is 1. The molecule has 4 atom stereocenters. The molecule has 5 nitrogen and oxygen atoms in total. The van der Waals surface area contributed by atoms with Crippen molar-refractivity contribution in [3.8, 4) is 0 Å². The first kappa shape index (κ1) is 20.4. The molecule has 1 aromatic carbocycles. The first-order valence-electron chi connectivity index (χ1n) is 8.30. The largest absolute Gasteiger partial charge is 0.463 e. The van der Waals surface area contributed by atoms with Gasteiger partial charge in [0.2, 0.25) is 0 Å². The molecule has 0 aliphatic rings. The summed E-state index contributed by atoms with van der Waals surface area (Å²) in [4.78, 5) is 11.2. The van der Waals surface area contributed by atoms with Crippen molar-refractivity contribution in [1.29, 1.82) is 0 Å². The van der Waals surface area contributed by atoms with Crippen molar-refractivity contribution in [1.82, 2.24) is 0 Å². The Balaban J connectivity index is 2.41. The van der Waals surface area contributed by atoms with Crippen LogP contribution in [0, 0.1) is 5.92 Å². The Morgan fingerprint density at radius 2 is 1.88 bits per heavy atom. The van der Waals surface area contributed by atoms with Gasteiger partial charge < -0.3 is 19.7 Å². The van der Waals surface area contributed by atoms with Gasteiger partial charge in [-0.05, 0) is 25.8 Å². The molecule has 0 aliphatic carbocycles. The topological polar surface area (TPSA) is 76.0 Å². The van der Waals surface area contributed by atoms with E-state index in [0.717, 1.165) is 5.56 Å². The van der Waals surface area contributed by atoms with Crippen molar-refractivity contribution < 1.29 is 24.5 Å². The number of benzene rings is 1. The molecule has 1 rings (SSSR count). The zero-order chi connectivity index (χ0) is 17.9. The Morgan fingerprint density at radius 1 is 1.21 bits per heavy atom. The van der Waals surface area contributed by atoms with Gasteiger partial charge >= 0.3 is 5.97 Å². The molecule has 5 heteroatoms. The molecule has 0 fully saturated rings. The van der Waals surface area contributed by atoms with Gasteiger partial charge in [0.1, 0.15) is 0 Å². The molecule has 0 spiro atoms. The molecule has 2 N–H and O–H groups in total. The van der Waals surface area contributed by atoms with Crippen molar-refractivity contribution in [3.63, 3.8) is 0 Å². The van der Waals surface area contributed by atoms with Crippen molar-refractivity contribution in [3.05, 3.63) is 48.0 Å². The van der Waals surface area contributed by atoms with Crippen LogP contribution in [-0.4, -0.2) is 41.1 Å². The maximum atomic E-state index is 11.2. The van der Waals surface area contributed by atoms with Crippen LogP contribution < -0.4 is 0 Å². The molecular formula is C19H28O5. The second kappa shape index (κ2) is 11.0. The average molecular weight is 336 g/mol. The quantitative estimate of drug-likeness (QED) is 0.507. The number of rotatable bonds is 10. The minimum atomic E-state index is -0.806. The molecule has 0 bridgehead atoms. The lowest BCUT2D eigenvalue weighted by atomic mass is 9.92. The summed E-state index contributed by atoms with van der Waals surface area (Å²) < 4.78 is 10.4. The number of ether oxygens (including phenoxy) is 2. The number of hydrogen-bond acceptors (Lipinski definition) is 5. The number of carbonyl (C=O) groups is 1. The van der Waals surface area contributed by atoms with Crippen LogP contribution in [0.1, 0.15) is 32.8 Å². The lowest BCUT2D eigenvalue weighted by molar-refractivity contribution is -0.137. The standard InChI is InChI=1S/C19H28O5/c1-4-23-18(21)12-8-11-17(20)14(2)19(22)15(3)24-13-16-9-6-5-7-10-16/h5-10,12,14-15,17,19-20,22H,4,11,13H2,1-3H3/b12-8+/t14-,15-,17+,19-/m0/s1. The van der Waals surface area contributed by atoms with E-state index in [1.54, 1.807) is 26.8 Å². The van der Waals surface area contributed by atoms with Crippen LogP contribution in [-0.2, 0) is 20.9 Å². The van der Waals surface area contributed by atoms with Crippen molar-refractivity contribution >= 4 is 5.97 Å². The minimum absolute atomic E-state index is 0.266. The highest BCUT2D eigenvalue weighted by atomic mass is 16.5. The Kier molecular flexibility index (Phi) is 9.30. The molecule has 1 aromatic rings. The van der Waals surface area contributed by atoms with Crippen molar-refractivity contribution in [2.24, 2.45) is 5.92 Å². The monoisotopic (exact) mass is 336 g/mol. The van der Waals surface area contributed by atoms with E-state index in [1.165, 1.54) is 6.08 Å². The summed E-state index contributed by atoms with van der Waals surface area (Å²) in [7, 11) is 0. The van der Waals surface area contributed by atoms with Gasteiger partial charge in [-0.3, -0.25) is 0 Å². The fraction of sp³-hybridized carbons (Fsp3) is 0.526. The number of aliphatic hydroxyl groups is 2. The van der Waals surface area contributed by atoms with Crippen LogP contribution in [0.5, 0.6) is 0 Å². The molecule has 0 radical (unpaired) electrons. The Hall–Kier alpha value is -1.69. The number of hydrogen-bond donors (Lipinski definition) is 2. The number of aliphatic hydroxyl groups excluding tert-OH is 2. The second-order valence-electron chi connectivity index (χ2n) is 5.81. The third-order valence-electron chi connectivity index (χ3n) is 3.90. The molecule has 0 heterocycles. The predicted octanol–water partition coefficient (Wildman–Crippen LogP) is 2.46. The Bertz CT molecular complexity index is 500. The molecule has 0 saturated heterocycles. The van der Waals surface area contributed by atoms with Crippen LogP contribution in [0.15, 0.2) is 42.5 Å². The highest BCUT2D eigenvalue weighted by molar-refractivity contribution is 5.81. The van der Waals surface area contributed by atoms with Crippen LogP contribution in [0.25, 0.3) is 0 Å². The van der Waals surface area contributed by atoms with Crippen LogP contribution in [0.3, 0.4) is 0 Å². The SMILES string of the molecule is CCOC(=O)/C=C/C[C@@H](O)[C@H](C)[C@H](O)[C@H](C)OCc1ccccc1. The zero-order valence-electron chi connectivity index (χ0n) is 14.6. The first-order valence-corrected chi connectivity index (χ1v) is 8.30. The van der Waals surface area contributed by atoms with Crippen molar-refractivity contribution in [2.75, 3.05) is 6.61 Å². The summed E-state index contributed by atoms with van der Waals surface area (Å²) >= 11 is 0. The minimum Gasteiger partial charge on any atom is -0.463 e. The predicted molar refractivity (Wildman–Crippen MR) is 92.3 cm³/mol. The van der Waals surface area contributed by atoms with Gasteiger partial charge in [-0.25, -0.2) is 4.79 Å². The maximum Gasteiger partial charge on any atom is 0.330 e. The van der Waals surface area contributed by atoms with Crippen molar-refractivity contribution in [2.45, 2.75) is 52.1 Å². The van der Waals surface area contributed by atoms with E-state index < -0.39 is 24.3 Å². The van der Waals surface area contributed by atoms with E-state index in [9.17, 15) is 15.0 Å². The fourth-order valence-electron chi connectivity index (χ4n) is 2.26. The smallest absolute Gasteiger partial charge is 0.330 e. The fourth-order valence-corrected chi connectivity index (χ4v) is 2.26. The van der Waals surface area contributed by atoms with Crippen LogP contribution in [0.2, 0.25) is 0 Å². The summed E-state index contributed by atoms with van der Waals surface area (Å²) in [6.07, 6.45) is 1.13. The van der Waals surface area contributed by atoms with E-state index in [2.05, 4.69) is 0 Å². The van der Waals surface area contributed by atoms with Gasteiger partial charge in [0.05, 0.1) is 31.5 Å². The molecule has 0 aromatic heterocycles. The second-order valence-corrected chi connectivity index (χ2v) is 5.81. The van der Waals surface area contributed by atoms with Gasteiger partial charge in [-0.15, -0.1) is 0 Å². The molecule has 0 unspecified atom stereocenters. The zero-order valence-corrected chi connectivity index (χ0v) is 14.6. The summed E-state index contributed by atoms with van der Waals surface area (Å²) in [6.45, 7) is 6.00. The molecule has 0 amide bonds. The van der Waals surface area contributed by atoms with Gasteiger partial charge in [-0.2, -0.15) is 0 Å². The lowest BCUT2D eigenvalue weighted by Gasteiger charge is -2.28. The first-order chi connectivity index (χ1) is 11.5. The third kappa shape index (κ3) is 7.25. The Labute approximate surface area is 143 Å². The number of esters is 1. The average Bonchev–Trinajstić information content (AvgIpc) is 2.59. The highest BCUT2D eigenvalue weighted by Gasteiger charge is 2.27. The van der Waals surface area contributed by atoms with Gasteiger partial charge in [-0.1, -0.05) is 43.3 Å². The van der Waals surface area contributed by atoms with E-state index in [-0.39, 0.29) is 12.3 Å². The van der Waals surface area contributed by atoms with E-state index in [4.69, 9.17) is 9.47 Å². The summed E-state index contributed by atoms with van der Waals surface area (Å²) in [5.41, 5.74) is 1.03. The molecule has 0 saturated carbocycles. The molecule has 0 aliphatic heterocycles. The molecule has 24 heavy (non-hydrogen) atoms. The molecular weight excluding hydrogens is 308 g/mol. The Morgan fingerprint density at radius 3 is 2.50 bits per heavy atom. The summed E-state index contributed by atoms with van der Waals surface area (Å²) in [6, 6.07) is 9.71. The van der Waals surface area contributed by atoms with E-state index >= 15 is 0 Å². The molecule has 134 valence electrons. The normalized spacial score (nSPS) is 16.5. The third-order valence-corrected chi connectivity index (χ3v) is 3.90. The van der Waals surface area contributed by atoms with Crippen LogP contribution >= 0.6 is 0 Å². The van der Waals surface area contributed by atoms with Gasteiger partial charge in [0.15, 0.2) is 0 Å². The highest BCUT2D eigenvalue weighted by Crippen LogP contribution is 2.18. The van der Waals surface area contributed by atoms with E-state index in [1.807, 2.05) is 30.3 Å². The van der Waals surface area contributed by atoms with Gasteiger partial charge in [0.25, 0.3) is 0 Å². The van der Waals surface area contributed by atoms with Gasteiger partial charge in [0, 0.05) is 12.0 Å². The summed E-state index contributed by atoms with van der Waals surface area (Å²) in [5.74, 6) is -0.819. The van der Waals surface area contributed by atoms with E-state index in [0.29, 0.717) is 13.2 Å². The lowest BCUT2D eigenvalue weighted by Crippen LogP contribution is -2.38.